The molecule has 1 aromatic carbocycles. The van der Waals surface area contributed by atoms with Crippen LogP contribution in [0, 0.1) is 6.92 Å². The first-order valence-corrected chi connectivity index (χ1v) is 10.5. The summed E-state index contributed by atoms with van der Waals surface area (Å²) in [6.45, 7) is 2.70. The lowest BCUT2D eigenvalue weighted by molar-refractivity contribution is 0.0952. The highest BCUT2D eigenvalue weighted by molar-refractivity contribution is 5.98. The van der Waals surface area contributed by atoms with Gasteiger partial charge in [0.25, 0.3) is 11.5 Å². The largest absolute Gasteiger partial charge is 0.497 e. The summed E-state index contributed by atoms with van der Waals surface area (Å²) in [4.78, 5) is 30.3. The summed E-state index contributed by atoms with van der Waals surface area (Å²) < 4.78 is 12.1. The number of benzene rings is 1. The Hall–Kier alpha value is -3.87. The molecule has 0 aliphatic carbocycles. The Bertz CT molecular complexity index is 1280. The maximum absolute atomic E-state index is 13.1. The molecule has 1 amide bonds. The molecule has 0 radical (unpaired) electrons. The fourth-order valence-corrected chi connectivity index (χ4v) is 3.60. The summed E-state index contributed by atoms with van der Waals surface area (Å²) in [7, 11) is 1.62. The monoisotopic (exact) mass is 431 g/mol. The van der Waals surface area contributed by atoms with E-state index < -0.39 is 0 Å². The number of rotatable bonds is 8. The Labute approximate surface area is 185 Å². The third kappa shape index (κ3) is 4.72. The minimum Gasteiger partial charge on any atom is -0.497 e. The van der Waals surface area contributed by atoms with E-state index in [9.17, 15) is 9.59 Å². The first-order valence-electron chi connectivity index (χ1n) is 10.5. The van der Waals surface area contributed by atoms with Crippen LogP contribution in [0.5, 0.6) is 5.75 Å². The van der Waals surface area contributed by atoms with Crippen LogP contribution >= 0.6 is 0 Å². The fourth-order valence-electron chi connectivity index (χ4n) is 3.60. The van der Waals surface area contributed by atoms with Gasteiger partial charge in [-0.3, -0.25) is 14.6 Å². The van der Waals surface area contributed by atoms with Gasteiger partial charge in [0, 0.05) is 19.2 Å². The van der Waals surface area contributed by atoms with Crippen molar-refractivity contribution in [3.8, 4) is 5.75 Å². The Morgan fingerprint density at radius 1 is 1.19 bits per heavy atom. The molecule has 7 nitrogen and oxygen atoms in total. The first-order chi connectivity index (χ1) is 15.5. The molecule has 32 heavy (non-hydrogen) atoms. The van der Waals surface area contributed by atoms with Gasteiger partial charge in [-0.2, -0.15) is 0 Å². The lowest BCUT2D eigenvalue weighted by Gasteiger charge is -2.11. The molecule has 0 saturated heterocycles. The van der Waals surface area contributed by atoms with E-state index in [1.165, 1.54) is 0 Å². The lowest BCUT2D eigenvalue weighted by Crippen LogP contribution is -2.27. The Kier molecular flexibility index (Phi) is 6.35. The number of methoxy groups -OCH3 is 1. The zero-order valence-electron chi connectivity index (χ0n) is 18.1. The number of carbonyl (C=O) groups excluding carboxylic acids is 1. The van der Waals surface area contributed by atoms with Crippen LogP contribution in [0.2, 0.25) is 0 Å². The predicted molar refractivity (Wildman–Crippen MR) is 122 cm³/mol. The molecule has 0 spiro atoms. The highest BCUT2D eigenvalue weighted by Crippen LogP contribution is 2.15. The van der Waals surface area contributed by atoms with Crippen LogP contribution in [-0.4, -0.2) is 29.1 Å². The third-order valence-corrected chi connectivity index (χ3v) is 5.37. The van der Waals surface area contributed by atoms with Gasteiger partial charge >= 0.3 is 0 Å². The second kappa shape index (κ2) is 9.51. The SMILES string of the molecule is COc1ccc(Cn2ccc3nc(C)c(C(=O)NCCCc4ccco4)cc3c2=O)cc1. The van der Waals surface area contributed by atoms with Crippen LogP contribution in [-0.2, 0) is 13.0 Å². The van der Waals surface area contributed by atoms with Crippen molar-refractivity contribution in [1.82, 2.24) is 14.9 Å². The lowest BCUT2D eigenvalue weighted by atomic mass is 10.1. The quantitative estimate of drug-likeness (QED) is 0.430. The van der Waals surface area contributed by atoms with Crippen molar-refractivity contribution in [2.45, 2.75) is 26.3 Å². The zero-order chi connectivity index (χ0) is 22.5. The summed E-state index contributed by atoms with van der Waals surface area (Å²) >= 11 is 0. The Morgan fingerprint density at radius 2 is 2.00 bits per heavy atom. The number of fused-ring (bicyclic) bond motifs is 1. The second-order valence-corrected chi connectivity index (χ2v) is 7.59. The summed E-state index contributed by atoms with van der Waals surface area (Å²) in [5, 5.41) is 3.33. The molecule has 0 aliphatic rings. The van der Waals surface area contributed by atoms with Crippen molar-refractivity contribution < 1.29 is 13.9 Å². The topological polar surface area (TPSA) is 86.4 Å². The molecule has 164 valence electrons. The Morgan fingerprint density at radius 3 is 2.72 bits per heavy atom. The van der Waals surface area contributed by atoms with Gasteiger partial charge in [-0.15, -0.1) is 0 Å². The van der Waals surface area contributed by atoms with Gasteiger partial charge in [-0.25, -0.2) is 0 Å². The van der Waals surface area contributed by atoms with Gasteiger partial charge in [0.2, 0.25) is 0 Å². The molecule has 0 atom stereocenters. The van der Waals surface area contributed by atoms with E-state index >= 15 is 0 Å². The van der Waals surface area contributed by atoms with Gasteiger partial charge in [0.05, 0.1) is 42.1 Å². The molecule has 0 aliphatic heterocycles. The number of amides is 1. The smallest absolute Gasteiger partial charge is 0.260 e. The number of ether oxygens (including phenoxy) is 1. The van der Waals surface area contributed by atoms with Crippen LogP contribution in [0.25, 0.3) is 10.9 Å². The standard InChI is InChI=1S/C25H25N3O4/c1-17-21(24(29)26-12-3-5-20-6-4-14-32-20)15-22-23(27-17)11-13-28(25(22)30)16-18-7-9-19(31-2)10-8-18/h4,6-11,13-15H,3,5,12,16H2,1-2H3,(H,26,29). The molecule has 3 heterocycles. The minimum absolute atomic E-state index is 0.183. The molecule has 0 saturated carbocycles. The Balaban J connectivity index is 1.51. The average Bonchev–Trinajstić information content (AvgIpc) is 3.32. The van der Waals surface area contributed by atoms with Gasteiger partial charge < -0.3 is 19.0 Å². The van der Waals surface area contributed by atoms with E-state index in [-0.39, 0.29) is 11.5 Å². The van der Waals surface area contributed by atoms with Crippen molar-refractivity contribution in [2.75, 3.05) is 13.7 Å². The van der Waals surface area contributed by atoms with Crippen molar-refractivity contribution >= 4 is 16.8 Å². The van der Waals surface area contributed by atoms with Crippen LogP contribution in [0.15, 0.2) is 70.2 Å². The van der Waals surface area contributed by atoms with Gasteiger partial charge in [-0.1, -0.05) is 12.1 Å². The number of hydrogen-bond acceptors (Lipinski definition) is 5. The molecule has 4 rings (SSSR count). The molecule has 3 aromatic heterocycles. The number of nitrogens with one attached hydrogen (secondary N) is 1. The minimum atomic E-state index is -0.235. The number of aromatic nitrogens is 2. The molecule has 0 fully saturated rings. The summed E-state index contributed by atoms with van der Waals surface area (Å²) in [6, 6.07) is 14.8. The van der Waals surface area contributed by atoms with E-state index in [1.807, 2.05) is 36.4 Å². The highest BCUT2D eigenvalue weighted by atomic mass is 16.5. The number of carbonyl (C=O) groups is 1. The van der Waals surface area contributed by atoms with Crippen molar-refractivity contribution in [3.63, 3.8) is 0 Å². The van der Waals surface area contributed by atoms with Crippen molar-refractivity contribution in [2.24, 2.45) is 0 Å². The van der Waals surface area contributed by atoms with E-state index in [1.54, 1.807) is 43.2 Å². The molecule has 4 aromatic rings. The third-order valence-electron chi connectivity index (χ3n) is 5.37. The van der Waals surface area contributed by atoms with Crippen LogP contribution in [0.4, 0.5) is 0 Å². The number of pyridine rings is 2. The maximum atomic E-state index is 13.1. The van der Waals surface area contributed by atoms with E-state index in [4.69, 9.17) is 9.15 Å². The number of nitrogens with zero attached hydrogens (tertiary/aromatic N) is 2. The van der Waals surface area contributed by atoms with Gasteiger partial charge in [-0.05, 0) is 55.3 Å². The molecule has 1 N–H and O–H groups in total. The maximum Gasteiger partial charge on any atom is 0.260 e. The number of aryl methyl sites for hydroxylation is 2. The molecule has 0 unspecified atom stereocenters. The van der Waals surface area contributed by atoms with E-state index in [2.05, 4.69) is 10.3 Å². The fraction of sp³-hybridized carbons (Fsp3) is 0.240. The number of hydrogen-bond donors (Lipinski definition) is 1. The van der Waals surface area contributed by atoms with E-state index in [0.717, 1.165) is 29.9 Å². The van der Waals surface area contributed by atoms with Crippen LogP contribution in [0.1, 0.15) is 33.8 Å². The van der Waals surface area contributed by atoms with Gasteiger partial charge in [0.1, 0.15) is 11.5 Å². The highest BCUT2D eigenvalue weighted by Gasteiger charge is 2.14. The van der Waals surface area contributed by atoms with Crippen LogP contribution in [0.3, 0.4) is 0 Å². The number of furan rings is 1. The molecule has 0 bridgehead atoms. The molecular formula is C25H25N3O4. The summed E-state index contributed by atoms with van der Waals surface area (Å²) in [5.41, 5.74) is 2.37. The second-order valence-electron chi connectivity index (χ2n) is 7.59. The predicted octanol–water partition coefficient (Wildman–Crippen LogP) is 3.72. The summed E-state index contributed by atoms with van der Waals surface area (Å²) in [6.07, 6.45) is 4.88. The normalized spacial score (nSPS) is 10.9. The molecule has 7 heteroatoms. The van der Waals surface area contributed by atoms with Crippen molar-refractivity contribution in [3.05, 3.63) is 93.9 Å². The first kappa shape index (κ1) is 21.4. The van der Waals surface area contributed by atoms with Crippen LogP contribution < -0.4 is 15.6 Å². The van der Waals surface area contributed by atoms with E-state index in [0.29, 0.717) is 35.2 Å². The average molecular weight is 431 g/mol. The van der Waals surface area contributed by atoms with Gasteiger partial charge in [0.15, 0.2) is 0 Å². The summed E-state index contributed by atoms with van der Waals surface area (Å²) in [5.74, 6) is 1.42. The zero-order valence-corrected chi connectivity index (χ0v) is 18.1. The molecular weight excluding hydrogens is 406 g/mol. The van der Waals surface area contributed by atoms with Crippen molar-refractivity contribution in [1.29, 1.82) is 0 Å².